The van der Waals surface area contributed by atoms with Gasteiger partial charge in [-0.1, -0.05) is 194 Å². The van der Waals surface area contributed by atoms with Crippen molar-refractivity contribution >= 4 is 22.3 Å². The van der Waals surface area contributed by atoms with E-state index in [4.69, 9.17) is 9.47 Å². The highest BCUT2D eigenvalue weighted by Crippen LogP contribution is 2.17. The molecule has 0 saturated carbocycles. The zero-order chi connectivity index (χ0) is 48.2. The molecule has 0 saturated heterocycles. The summed E-state index contributed by atoms with van der Waals surface area (Å²) < 4.78 is 43.4. The summed E-state index contributed by atoms with van der Waals surface area (Å²) >= 11 is 0. The first-order chi connectivity index (χ1) is 30.6. The Morgan fingerprint density at radius 2 is 0.844 bits per heavy atom. The van der Waals surface area contributed by atoms with Gasteiger partial charge in [-0.05, 0) is 33.6 Å². The highest BCUT2D eigenvalue weighted by Gasteiger charge is 2.31. The van der Waals surface area contributed by atoms with E-state index in [2.05, 4.69) is 30.0 Å². The van der Waals surface area contributed by atoms with Crippen molar-refractivity contribution < 1.29 is 50.9 Å². The largest absolute Gasteiger partial charge is 0.726 e. The molecule has 2 N–H and O–H groups in total. The Kier molecular flexibility index (Phi) is 46.0. The smallest absolute Gasteiger partial charge is 0.306 e. The molecule has 384 valence electrons. The molecule has 0 aromatic heterocycles. The van der Waals surface area contributed by atoms with Crippen molar-refractivity contribution in [3.8, 4) is 0 Å². The normalized spacial score (nSPS) is 14.1. The van der Waals surface area contributed by atoms with Crippen LogP contribution < -0.4 is 0 Å². The predicted octanol–water partition coefficient (Wildman–Crippen LogP) is 11.6. The molecule has 0 spiro atoms. The lowest BCUT2D eigenvalue weighted by Crippen LogP contribution is -2.56. The van der Waals surface area contributed by atoms with E-state index in [1.165, 1.54) is 167 Å². The third kappa shape index (κ3) is 48.6. The van der Waals surface area contributed by atoms with Crippen molar-refractivity contribution in [2.45, 2.75) is 258 Å². The van der Waals surface area contributed by atoms with E-state index in [9.17, 15) is 32.8 Å². The summed E-state index contributed by atoms with van der Waals surface area (Å²) in [6, 6.07) is 0. The fraction of sp³-hybridized carbons (Fsp3) is 0.961. The van der Waals surface area contributed by atoms with E-state index in [0.29, 0.717) is 56.6 Å². The Balaban J connectivity index is 0. The minimum atomic E-state index is -4.41. The van der Waals surface area contributed by atoms with Gasteiger partial charge in [0.15, 0.2) is 0 Å². The molecule has 3 atom stereocenters. The molecule has 0 radical (unpaired) electrons. The van der Waals surface area contributed by atoms with Crippen LogP contribution in [-0.4, -0.2) is 123 Å². The van der Waals surface area contributed by atoms with E-state index >= 15 is 0 Å². The molecule has 0 bridgehead atoms. The van der Waals surface area contributed by atoms with Gasteiger partial charge in [0.05, 0.1) is 33.4 Å². The van der Waals surface area contributed by atoms with Gasteiger partial charge in [-0.15, -0.1) is 0 Å². The second-order valence-corrected chi connectivity index (χ2v) is 20.3. The van der Waals surface area contributed by atoms with Crippen molar-refractivity contribution in [1.29, 1.82) is 0 Å². The van der Waals surface area contributed by atoms with Gasteiger partial charge in [-0.25, -0.2) is 8.42 Å². The number of rotatable bonds is 46. The number of hydrogen-bond donors (Lipinski definition) is 2. The minimum absolute atomic E-state index is 0.0249. The topological polar surface area (TPSA) is 163 Å². The second kappa shape index (κ2) is 45.4. The van der Waals surface area contributed by atoms with Gasteiger partial charge in [0.25, 0.3) is 0 Å². The van der Waals surface area contributed by atoms with Crippen molar-refractivity contribution in [3.05, 3.63) is 0 Å². The van der Waals surface area contributed by atoms with Crippen molar-refractivity contribution in [2.24, 2.45) is 0 Å². The van der Waals surface area contributed by atoms with Gasteiger partial charge in [0, 0.05) is 32.5 Å². The Hall–Kier alpha value is -1.35. The highest BCUT2D eigenvalue weighted by atomic mass is 32.3. The maximum Gasteiger partial charge on any atom is 0.306 e. The molecule has 0 aliphatic rings. The monoisotopic (exact) mass is 937 g/mol. The average Bonchev–Trinajstić information content (AvgIpc) is 3.22. The molecular formula is C51H104N2O10S. The van der Waals surface area contributed by atoms with Gasteiger partial charge in [-0.3, -0.25) is 18.7 Å². The number of quaternary nitrogens is 1. The van der Waals surface area contributed by atoms with Crippen LogP contribution in [0.25, 0.3) is 0 Å². The number of carbonyl (C=O) groups excluding carboxylic acids is 2. The van der Waals surface area contributed by atoms with Crippen LogP contribution in [0.5, 0.6) is 0 Å². The Labute approximate surface area is 395 Å². The zero-order valence-electron chi connectivity index (χ0n) is 42.8. The standard InChI is InChI=1S/C50H101N2O6.CH4O4S/c1-7-9-11-13-15-17-19-21-23-25-27-29-31-33-35-37-49(55)57-47(4)44-52(6,41-39-51(40-42-53)43-46(3)54)45-48(5)58-50(56)38-36-34-32-30-28-26-24-22-20-18-16-14-12-10-8-2;1-5-6(2,3)4/h46-48,53-54H,7-45H2,1-6H3;1H3,(H,2,3,4)/q+1;/p-1. The van der Waals surface area contributed by atoms with E-state index < -0.39 is 16.5 Å². The van der Waals surface area contributed by atoms with Gasteiger partial charge in [-0.2, -0.15) is 0 Å². The number of ether oxygens (including phenoxy) is 2. The lowest BCUT2D eigenvalue weighted by Gasteiger charge is -2.39. The zero-order valence-corrected chi connectivity index (χ0v) is 43.6. The number of unbranched alkanes of at least 4 members (excludes halogenated alkanes) is 28. The van der Waals surface area contributed by atoms with E-state index in [0.717, 1.165) is 32.8 Å². The Morgan fingerprint density at radius 3 is 1.09 bits per heavy atom. The number of esters is 2. The summed E-state index contributed by atoms with van der Waals surface area (Å²) in [5.41, 5.74) is 0. The summed E-state index contributed by atoms with van der Waals surface area (Å²) in [5.74, 6) is -0.263. The quantitative estimate of drug-likeness (QED) is 0.0196. The molecule has 12 nitrogen and oxygen atoms in total. The number of aliphatic hydroxyl groups is 2. The second-order valence-electron chi connectivity index (χ2n) is 19.2. The van der Waals surface area contributed by atoms with Crippen LogP contribution in [0.4, 0.5) is 0 Å². The van der Waals surface area contributed by atoms with Crippen LogP contribution in [0.2, 0.25) is 0 Å². The van der Waals surface area contributed by atoms with Crippen molar-refractivity contribution in [3.63, 3.8) is 0 Å². The first kappa shape index (κ1) is 64.7. The first-order valence-corrected chi connectivity index (χ1v) is 27.7. The molecule has 0 rings (SSSR count). The highest BCUT2D eigenvalue weighted by molar-refractivity contribution is 7.80. The minimum Gasteiger partial charge on any atom is -0.726 e. The van der Waals surface area contributed by atoms with Crippen LogP contribution >= 0.6 is 0 Å². The summed E-state index contributed by atoms with van der Waals surface area (Å²) in [7, 11) is -1.47. The SMILES string of the molecule is CCCCCCCCCCCCCCCCCC(=O)OC(C)C[N+](C)(CCN(CCO)CC(C)O)CC(C)OC(=O)CCCCCCCCCCCCCCCCC.COS(=O)(=O)[O-]. The Morgan fingerprint density at radius 1 is 0.562 bits per heavy atom. The average molecular weight is 937 g/mol. The fourth-order valence-corrected chi connectivity index (χ4v) is 8.61. The molecule has 0 fully saturated rings. The maximum absolute atomic E-state index is 12.8. The lowest BCUT2D eigenvalue weighted by molar-refractivity contribution is -0.914. The van der Waals surface area contributed by atoms with E-state index in [-0.39, 0.29) is 30.8 Å². The van der Waals surface area contributed by atoms with E-state index in [1.54, 1.807) is 6.92 Å². The Bertz CT molecular complexity index is 1090. The molecule has 0 amide bonds. The van der Waals surface area contributed by atoms with Crippen molar-refractivity contribution in [2.75, 3.05) is 60.0 Å². The maximum atomic E-state index is 12.8. The molecule has 0 heterocycles. The molecular weight excluding hydrogens is 833 g/mol. The molecule has 0 aliphatic carbocycles. The van der Waals surface area contributed by atoms with E-state index in [1.807, 2.05) is 13.8 Å². The summed E-state index contributed by atoms with van der Waals surface area (Å²) in [4.78, 5) is 27.7. The van der Waals surface area contributed by atoms with Gasteiger partial charge in [0.1, 0.15) is 25.3 Å². The summed E-state index contributed by atoms with van der Waals surface area (Å²) in [5, 5.41) is 19.7. The molecule has 64 heavy (non-hydrogen) atoms. The third-order valence-corrected chi connectivity index (χ3v) is 12.5. The van der Waals surface area contributed by atoms with Gasteiger partial charge < -0.3 is 28.7 Å². The van der Waals surface area contributed by atoms with Crippen LogP contribution in [0.15, 0.2) is 0 Å². The number of hydrogen-bond acceptors (Lipinski definition) is 11. The van der Waals surface area contributed by atoms with Gasteiger partial charge >= 0.3 is 11.9 Å². The molecule has 13 heteroatoms. The van der Waals surface area contributed by atoms with Crippen molar-refractivity contribution in [1.82, 2.24) is 4.90 Å². The molecule has 0 aromatic carbocycles. The van der Waals surface area contributed by atoms with Crippen LogP contribution in [0.1, 0.15) is 240 Å². The van der Waals surface area contributed by atoms with Crippen LogP contribution in [0.3, 0.4) is 0 Å². The molecule has 0 aliphatic heterocycles. The van der Waals surface area contributed by atoms with Crippen LogP contribution in [0, 0.1) is 0 Å². The summed E-state index contributed by atoms with van der Waals surface area (Å²) in [6.07, 6.45) is 38.8. The molecule has 3 unspecified atom stereocenters. The third-order valence-electron chi connectivity index (χ3n) is 12.1. The van der Waals surface area contributed by atoms with Gasteiger partial charge in [0.2, 0.25) is 10.4 Å². The molecule has 0 aromatic rings. The number of aliphatic hydroxyl groups excluding tert-OH is 2. The number of likely N-dealkylation sites (N-methyl/N-ethyl adjacent to an activating group) is 1. The number of carbonyl (C=O) groups is 2. The van der Waals surface area contributed by atoms with Crippen LogP contribution in [-0.2, 0) is 33.6 Å². The summed E-state index contributed by atoms with van der Waals surface area (Å²) in [6.45, 7) is 13.8. The predicted molar refractivity (Wildman–Crippen MR) is 263 cm³/mol. The first-order valence-electron chi connectivity index (χ1n) is 26.4. The number of nitrogens with zero attached hydrogens (tertiary/aromatic N) is 2. The lowest BCUT2D eigenvalue weighted by atomic mass is 10.0. The fourth-order valence-electron chi connectivity index (χ4n) is 8.61.